The summed E-state index contributed by atoms with van der Waals surface area (Å²) in [5.74, 6) is 1.26. The third kappa shape index (κ3) is 4.83. The highest BCUT2D eigenvalue weighted by molar-refractivity contribution is 6.30. The van der Waals surface area contributed by atoms with E-state index in [2.05, 4.69) is 10.3 Å². The molecule has 112 valence electrons. The quantitative estimate of drug-likeness (QED) is 0.817. The second-order valence-electron chi connectivity index (χ2n) is 4.74. The number of pyridine rings is 1. The van der Waals surface area contributed by atoms with Gasteiger partial charge in [0.05, 0.1) is 12.3 Å². The highest BCUT2D eigenvalue weighted by Crippen LogP contribution is 2.21. The van der Waals surface area contributed by atoms with Crippen molar-refractivity contribution in [3.63, 3.8) is 0 Å². The molecule has 0 radical (unpaired) electrons. The molecule has 1 aromatic carbocycles. The van der Waals surface area contributed by atoms with Gasteiger partial charge in [-0.3, -0.25) is 0 Å². The predicted octanol–water partition coefficient (Wildman–Crippen LogP) is 3.76. The van der Waals surface area contributed by atoms with Gasteiger partial charge in [-0.2, -0.15) is 4.98 Å². The highest BCUT2D eigenvalue weighted by Gasteiger charge is 2.04. The molecule has 4 nitrogen and oxygen atoms in total. The number of anilines is 2. The summed E-state index contributed by atoms with van der Waals surface area (Å²) >= 11 is 5.86. The molecule has 2 aromatic rings. The molecule has 0 aliphatic heterocycles. The third-order valence-corrected chi connectivity index (χ3v) is 3.22. The minimum Gasteiger partial charge on any atom is -0.476 e. The van der Waals surface area contributed by atoms with Crippen molar-refractivity contribution in [3.8, 4) is 5.88 Å². The van der Waals surface area contributed by atoms with E-state index in [0.717, 1.165) is 30.2 Å². The molecule has 21 heavy (non-hydrogen) atoms. The van der Waals surface area contributed by atoms with Gasteiger partial charge in [0.15, 0.2) is 0 Å². The van der Waals surface area contributed by atoms with Gasteiger partial charge in [-0.05, 0) is 42.7 Å². The normalized spacial score (nSPS) is 10.4. The maximum Gasteiger partial charge on any atom is 0.239 e. The van der Waals surface area contributed by atoms with E-state index in [9.17, 15) is 0 Å². The number of nitrogens with one attached hydrogen (secondary N) is 1. The van der Waals surface area contributed by atoms with Crippen molar-refractivity contribution in [2.45, 2.75) is 19.8 Å². The number of hydrogen-bond acceptors (Lipinski definition) is 4. The number of ether oxygens (including phenoxy) is 1. The Kier molecular flexibility index (Phi) is 5.69. The Balaban J connectivity index is 1.89. The number of hydrogen-bond donors (Lipinski definition) is 2. The molecule has 0 bridgehead atoms. The Morgan fingerprint density at radius 3 is 2.67 bits per heavy atom. The molecular formula is C16H20ClN3O. The summed E-state index contributed by atoms with van der Waals surface area (Å²) in [6.07, 6.45) is 1.82. The molecule has 0 aliphatic carbocycles. The van der Waals surface area contributed by atoms with Gasteiger partial charge in [-0.15, -0.1) is 0 Å². The van der Waals surface area contributed by atoms with Crippen LogP contribution in [0, 0.1) is 0 Å². The average Bonchev–Trinajstić information content (AvgIpc) is 2.49. The van der Waals surface area contributed by atoms with E-state index in [1.807, 2.05) is 43.3 Å². The first-order chi connectivity index (χ1) is 10.2. The number of nitrogen functional groups attached to an aromatic ring is 1. The number of halogens is 1. The van der Waals surface area contributed by atoms with E-state index in [0.29, 0.717) is 18.2 Å². The van der Waals surface area contributed by atoms with E-state index < -0.39 is 0 Å². The van der Waals surface area contributed by atoms with Crippen LogP contribution in [-0.2, 0) is 6.42 Å². The summed E-state index contributed by atoms with van der Waals surface area (Å²) in [4.78, 5) is 4.38. The Morgan fingerprint density at radius 1 is 1.19 bits per heavy atom. The monoisotopic (exact) mass is 305 g/mol. The summed E-state index contributed by atoms with van der Waals surface area (Å²) in [5.41, 5.74) is 7.62. The third-order valence-electron chi connectivity index (χ3n) is 2.97. The number of benzene rings is 1. The van der Waals surface area contributed by atoms with E-state index in [4.69, 9.17) is 22.1 Å². The summed E-state index contributed by atoms with van der Waals surface area (Å²) in [6.45, 7) is 3.45. The molecule has 0 aliphatic rings. The lowest BCUT2D eigenvalue weighted by molar-refractivity contribution is 0.307. The van der Waals surface area contributed by atoms with Gasteiger partial charge in [0, 0.05) is 11.6 Å². The molecule has 0 fully saturated rings. The SMILES string of the molecule is CCCOc1nc(NCCc2ccc(Cl)cc2)ccc1N. The average molecular weight is 306 g/mol. The highest BCUT2D eigenvalue weighted by atomic mass is 35.5. The van der Waals surface area contributed by atoms with Crippen molar-refractivity contribution in [2.24, 2.45) is 0 Å². The lowest BCUT2D eigenvalue weighted by Crippen LogP contribution is -2.08. The molecular weight excluding hydrogens is 286 g/mol. The van der Waals surface area contributed by atoms with Gasteiger partial charge >= 0.3 is 0 Å². The van der Waals surface area contributed by atoms with Crippen LogP contribution >= 0.6 is 11.6 Å². The van der Waals surface area contributed by atoms with Crippen LogP contribution in [0.1, 0.15) is 18.9 Å². The van der Waals surface area contributed by atoms with Gasteiger partial charge in [0.25, 0.3) is 0 Å². The lowest BCUT2D eigenvalue weighted by Gasteiger charge is -2.10. The maximum atomic E-state index is 5.86. The van der Waals surface area contributed by atoms with Crippen molar-refractivity contribution in [2.75, 3.05) is 24.2 Å². The minimum absolute atomic E-state index is 0.494. The number of rotatable bonds is 7. The Hall–Kier alpha value is -1.94. The fourth-order valence-corrected chi connectivity index (χ4v) is 1.98. The molecule has 0 amide bonds. The Labute approximate surface area is 130 Å². The summed E-state index contributed by atoms with van der Waals surface area (Å²) in [5, 5.41) is 4.03. The molecule has 0 spiro atoms. The minimum atomic E-state index is 0.494. The zero-order chi connectivity index (χ0) is 15.1. The smallest absolute Gasteiger partial charge is 0.239 e. The summed E-state index contributed by atoms with van der Waals surface area (Å²) < 4.78 is 5.51. The van der Waals surface area contributed by atoms with Crippen molar-refractivity contribution in [1.82, 2.24) is 4.98 Å². The molecule has 5 heteroatoms. The van der Waals surface area contributed by atoms with Crippen molar-refractivity contribution < 1.29 is 4.74 Å². The molecule has 1 heterocycles. The van der Waals surface area contributed by atoms with Crippen molar-refractivity contribution >= 4 is 23.1 Å². The molecule has 0 atom stereocenters. The second-order valence-corrected chi connectivity index (χ2v) is 5.18. The fraction of sp³-hybridized carbons (Fsp3) is 0.312. The van der Waals surface area contributed by atoms with Crippen LogP contribution in [0.25, 0.3) is 0 Å². The molecule has 0 unspecified atom stereocenters. The number of nitrogens with zero attached hydrogens (tertiary/aromatic N) is 1. The standard InChI is InChI=1S/C16H20ClN3O/c1-2-11-21-16-14(18)7-8-15(20-16)19-10-9-12-3-5-13(17)6-4-12/h3-8H,2,9-11,18H2,1H3,(H,19,20). The number of aromatic nitrogens is 1. The second kappa shape index (κ2) is 7.74. The zero-order valence-electron chi connectivity index (χ0n) is 12.1. The first kappa shape index (κ1) is 15.4. The van der Waals surface area contributed by atoms with Gasteiger partial charge in [0.2, 0.25) is 5.88 Å². The van der Waals surface area contributed by atoms with Crippen LogP contribution in [0.2, 0.25) is 5.02 Å². The summed E-state index contributed by atoms with van der Waals surface area (Å²) in [6, 6.07) is 11.5. The van der Waals surface area contributed by atoms with Gasteiger partial charge < -0.3 is 15.8 Å². The molecule has 0 saturated carbocycles. The van der Waals surface area contributed by atoms with E-state index >= 15 is 0 Å². The first-order valence-electron chi connectivity index (χ1n) is 7.06. The summed E-state index contributed by atoms with van der Waals surface area (Å²) in [7, 11) is 0. The van der Waals surface area contributed by atoms with Crippen molar-refractivity contribution in [1.29, 1.82) is 0 Å². The van der Waals surface area contributed by atoms with Gasteiger partial charge in [0.1, 0.15) is 5.82 Å². The van der Waals surface area contributed by atoms with Crippen molar-refractivity contribution in [3.05, 3.63) is 47.0 Å². The Morgan fingerprint density at radius 2 is 1.95 bits per heavy atom. The van der Waals surface area contributed by atoms with Gasteiger partial charge in [-0.25, -0.2) is 0 Å². The number of nitrogens with two attached hydrogens (primary N) is 1. The van der Waals surface area contributed by atoms with Crippen LogP contribution in [0.3, 0.4) is 0 Å². The van der Waals surface area contributed by atoms with Crippen LogP contribution in [0.15, 0.2) is 36.4 Å². The van der Waals surface area contributed by atoms with Gasteiger partial charge in [-0.1, -0.05) is 30.7 Å². The Bertz CT molecular complexity index is 572. The molecule has 2 rings (SSSR count). The molecule has 3 N–H and O–H groups in total. The molecule has 0 saturated heterocycles. The van der Waals surface area contributed by atoms with Crippen LogP contribution < -0.4 is 15.8 Å². The van der Waals surface area contributed by atoms with Crippen LogP contribution in [0.5, 0.6) is 5.88 Å². The predicted molar refractivity (Wildman–Crippen MR) is 88.1 cm³/mol. The molecule has 1 aromatic heterocycles. The zero-order valence-corrected chi connectivity index (χ0v) is 12.9. The maximum absolute atomic E-state index is 5.86. The van der Waals surface area contributed by atoms with E-state index in [1.54, 1.807) is 0 Å². The fourth-order valence-electron chi connectivity index (χ4n) is 1.85. The largest absolute Gasteiger partial charge is 0.476 e. The van der Waals surface area contributed by atoms with Crippen LogP contribution in [-0.4, -0.2) is 18.1 Å². The van der Waals surface area contributed by atoms with Crippen LogP contribution in [0.4, 0.5) is 11.5 Å². The van der Waals surface area contributed by atoms with E-state index in [-0.39, 0.29) is 0 Å². The lowest BCUT2D eigenvalue weighted by atomic mass is 10.1. The topological polar surface area (TPSA) is 60.2 Å². The first-order valence-corrected chi connectivity index (χ1v) is 7.44. The van der Waals surface area contributed by atoms with E-state index in [1.165, 1.54) is 5.56 Å².